The molecular formula is C16H18ClN3O. The lowest BCUT2D eigenvalue weighted by Gasteiger charge is -2.08. The standard InChI is InChI=1S/C16H18ClN3O/c1-2-3-4-11-5-7-12(8-6-11)20-16(21)13-9-15(17)19-10-14(13)18/h5-10H,2-4,18H2,1H3,(H,20,21). The van der Waals surface area contributed by atoms with E-state index in [-0.39, 0.29) is 11.1 Å². The highest BCUT2D eigenvalue weighted by Crippen LogP contribution is 2.18. The third-order valence-electron chi connectivity index (χ3n) is 3.18. The van der Waals surface area contributed by atoms with E-state index in [1.165, 1.54) is 24.2 Å². The van der Waals surface area contributed by atoms with E-state index in [4.69, 9.17) is 17.3 Å². The van der Waals surface area contributed by atoms with Gasteiger partial charge >= 0.3 is 0 Å². The van der Waals surface area contributed by atoms with Gasteiger partial charge in [-0.2, -0.15) is 0 Å². The molecule has 0 unspecified atom stereocenters. The number of carbonyl (C=O) groups excluding carboxylic acids is 1. The van der Waals surface area contributed by atoms with Crippen molar-refractivity contribution in [2.45, 2.75) is 26.2 Å². The van der Waals surface area contributed by atoms with Crippen LogP contribution in [0.3, 0.4) is 0 Å². The molecule has 0 saturated carbocycles. The lowest BCUT2D eigenvalue weighted by molar-refractivity contribution is 0.102. The number of amides is 1. The molecule has 1 amide bonds. The summed E-state index contributed by atoms with van der Waals surface area (Å²) >= 11 is 5.79. The van der Waals surface area contributed by atoms with Crippen LogP contribution in [0.4, 0.5) is 11.4 Å². The maximum absolute atomic E-state index is 12.2. The average Bonchev–Trinajstić information content (AvgIpc) is 2.49. The summed E-state index contributed by atoms with van der Waals surface area (Å²) in [5, 5.41) is 3.04. The van der Waals surface area contributed by atoms with Crippen molar-refractivity contribution in [3.8, 4) is 0 Å². The number of hydrogen-bond donors (Lipinski definition) is 2. The SMILES string of the molecule is CCCCc1ccc(NC(=O)c2cc(Cl)ncc2N)cc1. The van der Waals surface area contributed by atoms with Crippen LogP contribution in [0.2, 0.25) is 5.15 Å². The lowest BCUT2D eigenvalue weighted by Crippen LogP contribution is -2.14. The third kappa shape index (κ3) is 4.20. The molecule has 0 radical (unpaired) electrons. The van der Waals surface area contributed by atoms with Gasteiger partial charge in [0, 0.05) is 5.69 Å². The Hall–Kier alpha value is -2.07. The predicted molar refractivity (Wildman–Crippen MR) is 86.7 cm³/mol. The van der Waals surface area contributed by atoms with Crippen LogP contribution in [0.15, 0.2) is 36.5 Å². The van der Waals surface area contributed by atoms with Crippen molar-refractivity contribution in [3.05, 3.63) is 52.8 Å². The number of benzene rings is 1. The number of rotatable bonds is 5. The molecule has 2 rings (SSSR count). The Bertz CT molecular complexity index is 626. The second-order valence-electron chi connectivity index (χ2n) is 4.85. The molecule has 0 aliphatic heterocycles. The molecular weight excluding hydrogens is 286 g/mol. The minimum Gasteiger partial charge on any atom is -0.397 e. The highest BCUT2D eigenvalue weighted by Gasteiger charge is 2.11. The first-order chi connectivity index (χ1) is 10.1. The van der Waals surface area contributed by atoms with E-state index in [1.54, 1.807) is 0 Å². The van der Waals surface area contributed by atoms with Gasteiger partial charge in [-0.3, -0.25) is 4.79 Å². The van der Waals surface area contributed by atoms with Crippen LogP contribution in [-0.4, -0.2) is 10.9 Å². The molecule has 0 aliphatic carbocycles. The second kappa shape index (κ2) is 7.09. The van der Waals surface area contributed by atoms with Crippen LogP contribution in [0, 0.1) is 0 Å². The zero-order valence-corrected chi connectivity index (χ0v) is 12.7. The fourth-order valence-corrected chi connectivity index (χ4v) is 2.13. The molecule has 0 atom stereocenters. The Kier molecular flexibility index (Phi) is 5.17. The Morgan fingerprint density at radius 2 is 2.05 bits per heavy atom. The number of pyridine rings is 1. The quantitative estimate of drug-likeness (QED) is 0.823. The van der Waals surface area contributed by atoms with Crippen LogP contribution in [0.1, 0.15) is 35.7 Å². The van der Waals surface area contributed by atoms with E-state index in [0.717, 1.165) is 18.5 Å². The summed E-state index contributed by atoms with van der Waals surface area (Å²) < 4.78 is 0. The Morgan fingerprint density at radius 3 is 2.71 bits per heavy atom. The highest BCUT2D eigenvalue weighted by atomic mass is 35.5. The molecule has 0 saturated heterocycles. The number of nitrogen functional groups attached to an aromatic ring is 1. The number of nitrogens with two attached hydrogens (primary N) is 1. The van der Waals surface area contributed by atoms with Crippen LogP contribution < -0.4 is 11.1 Å². The minimum atomic E-state index is -0.293. The van der Waals surface area contributed by atoms with Crippen molar-refractivity contribution in [2.24, 2.45) is 0 Å². The largest absolute Gasteiger partial charge is 0.397 e. The number of aromatic nitrogens is 1. The summed E-state index contributed by atoms with van der Waals surface area (Å²) in [6, 6.07) is 9.29. The summed E-state index contributed by atoms with van der Waals surface area (Å²) in [6.45, 7) is 2.17. The number of nitrogens with zero attached hydrogens (tertiary/aromatic N) is 1. The summed E-state index contributed by atoms with van der Waals surface area (Å²) in [4.78, 5) is 16.0. The Labute approximate surface area is 129 Å². The zero-order valence-electron chi connectivity index (χ0n) is 11.9. The molecule has 1 aromatic heterocycles. The maximum Gasteiger partial charge on any atom is 0.257 e. The Morgan fingerprint density at radius 1 is 1.33 bits per heavy atom. The molecule has 0 bridgehead atoms. The number of anilines is 2. The molecule has 4 nitrogen and oxygen atoms in total. The molecule has 110 valence electrons. The van der Waals surface area contributed by atoms with Gasteiger partial charge in [0.05, 0.1) is 17.4 Å². The maximum atomic E-state index is 12.2. The van der Waals surface area contributed by atoms with Crippen molar-refractivity contribution >= 4 is 28.9 Å². The monoisotopic (exact) mass is 303 g/mol. The number of carbonyl (C=O) groups is 1. The summed E-state index contributed by atoms with van der Waals surface area (Å²) in [7, 11) is 0. The summed E-state index contributed by atoms with van der Waals surface area (Å²) in [5.41, 5.74) is 8.36. The fourth-order valence-electron chi connectivity index (χ4n) is 1.97. The lowest BCUT2D eigenvalue weighted by atomic mass is 10.1. The molecule has 5 heteroatoms. The van der Waals surface area contributed by atoms with Gasteiger partial charge in [0.2, 0.25) is 0 Å². The average molecular weight is 304 g/mol. The summed E-state index contributed by atoms with van der Waals surface area (Å²) in [6.07, 6.45) is 4.76. The van der Waals surface area contributed by atoms with Crippen molar-refractivity contribution in [1.82, 2.24) is 4.98 Å². The number of aryl methyl sites for hydroxylation is 1. The van der Waals surface area contributed by atoms with Crippen molar-refractivity contribution in [1.29, 1.82) is 0 Å². The number of halogens is 1. The van der Waals surface area contributed by atoms with Crippen molar-refractivity contribution < 1.29 is 4.79 Å². The van der Waals surface area contributed by atoms with Gasteiger partial charge in [0.1, 0.15) is 5.15 Å². The molecule has 0 aliphatic rings. The molecule has 3 N–H and O–H groups in total. The first-order valence-corrected chi connectivity index (χ1v) is 7.29. The number of hydrogen-bond acceptors (Lipinski definition) is 3. The topological polar surface area (TPSA) is 68.0 Å². The zero-order chi connectivity index (χ0) is 15.2. The van der Waals surface area contributed by atoms with E-state index >= 15 is 0 Å². The smallest absolute Gasteiger partial charge is 0.257 e. The molecule has 2 aromatic rings. The van der Waals surface area contributed by atoms with Crippen molar-refractivity contribution in [3.63, 3.8) is 0 Å². The highest BCUT2D eigenvalue weighted by molar-refractivity contribution is 6.30. The van der Waals surface area contributed by atoms with Gasteiger partial charge in [-0.1, -0.05) is 37.1 Å². The molecule has 0 spiro atoms. The first kappa shape index (κ1) is 15.3. The van der Waals surface area contributed by atoms with E-state index in [1.807, 2.05) is 24.3 Å². The van der Waals surface area contributed by atoms with E-state index < -0.39 is 0 Å². The van der Waals surface area contributed by atoms with E-state index in [0.29, 0.717) is 11.3 Å². The van der Waals surface area contributed by atoms with Crippen LogP contribution in [-0.2, 0) is 6.42 Å². The normalized spacial score (nSPS) is 10.4. The molecule has 0 fully saturated rings. The first-order valence-electron chi connectivity index (χ1n) is 6.91. The minimum absolute atomic E-state index is 0.240. The number of unbranched alkanes of at least 4 members (excludes halogenated alkanes) is 1. The van der Waals surface area contributed by atoms with Gasteiger partial charge in [0.25, 0.3) is 5.91 Å². The van der Waals surface area contributed by atoms with Crippen LogP contribution >= 0.6 is 11.6 Å². The Balaban J connectivity index is 2.07. The van der Waals surface area contributed by atoms with Crippen molar-refractivity contribution in [2.75, 3.05) is 11.1 Å². The predicted octanol–water partition coefficient (Wildman–Crippen LogP) is 3.91. The van der Waals surface area contributed by atoms with Gasteiger partial charge in [0.15, 0.2) is 0 Å². The van der Waals surface area contributed by atoms with Crippen LogP contribution in [0.5, 0.6) is 0 Å². The second-order valence-corrected chi connectivity index (χ2v) is 5.24. The van der Waals surface area contributed by atoms with Gasteiger partial charge in [-0.25, -0.2) is 4.98 Å². The number of nitrogens with one attached hydrogen (secondary N) is 1. The summed E-state index contributed by atoms with van der Waals surface area (Å²) in [5.74, 6) is -0.293. The molecule has 21 heavy (non-hydrogen) atoms. The van der Waals surface area contributed by atoms with Crippen LogP contribution in [0.25, 0.3) is 0 Å². The fraction of sp³-hybridized carbons (Fsp3) is 0.250. The van der Waals surface area contributed by atoms with Gasteiger partial charge in [-0.05, 0) is 36.6 Å². The van der Waals surface area contributed by atoms with E-state index in [9.17, 15) is 4.79 Å². The van der Waals surface area contributed by atoms with Gasteiger partial charge in [-0.15, -0.1) is 0 Å². The molecule has 1 heterocycles. The van der Waals surface area contributed by atoms with Gasteiger partial charge < -0.3 is 11.1 Å². The van der Waals surface area contributed by atoms with E-state index in [2.05, 4.69) is 17.2 Å². The third-order valence-corrected chi connectivity index (χ3v) is 3.38. The molecule has 1 aromatic carbocycles.